The van der Waals surface area contributed by atoms with Crippen molar-refractivity contribution < 1.29 is 19.0 Å². The third-order valence-corrected chi connectivity index (χ3v) is 2.28. The van der Waals surface area contributed by atoms with Crippen LogP contribution < -0.4 is 19.7 Å². The van der Waals surface area contributed by atoms with E-state index in [0.717, 1.165) is 0 Å². The molecule has 1 rings (SSSR count). The number of aldehydes is 1. The zero-order chi connectivity index (χ0) is 14.3. The van der Waals surface area contributed by atoms with E-state index in [2.05, 4.69) is 10.4 Å². The summed E-state index contributed by atoms with van der Waals surface area (Å²) in [4.78, 5) is 20.9. The summed E-state index contributed by atoms with van der Waals surface area (Å²) in [6, 6.07) is 3.06. The summed E-state index contributed by atoms with van der Waals surface area (Å²) in [6.07, 6.45) is 0.471. The number of nitroso groups, excluding NO2 is 1. The number of methoxy groups -OCH3 is 3. The fourth-order valence-electron chi connectivity index (χ4n) is 1.46. The van der Waals surface area contributed by atoms with E-state index in [-0.39, 0.29) is 5.71 Å². The van der Waals surface area contributed by atoms with Crippen LogP contribution in [0.2, 0.25) is 0 Å². The molecule has 0 aliphatic rings. The van der Waals surface area contributed by atoms with E-state index in [4.69, 9.17) is 14.2 Å². The fraction of sp³-hybridized carbons (Fsp3) is 0.273. The van der Waals surface area contributed by atoms with Crippen molar-refractivity contribution in [3.05, 3.63) is 22.6 Å². The summed E-state index contributed by atoms with van der Waals surface area (Å²) in [5.74, 6) is 1.12. The maximum absolute atomic E-state index is 10.9. The first kappa shape index (κ1) is 14.4. The molecule has 0 spiro atoms. The largest absolute Gasteiger partial charge is 0.493 e. The molecule has 19 heavy (non-hydrogen) atoms. The third-order valence-electron chi connectivity index (χ3n) is 2.28. The Hall–Kier alpha value is -2.64. The van der Waals surface area contributed by atoms with Crippen LogP contribution in [0, 0.1) is 4.91 Å². The van der Waals surface area contributed by atoms with E-state index in [1.54, 1.807) is 0 Å². The molecule has 8 heteroatoms. The van der Waals surface area contributed by atoms with Gasteiger partial charge in [0.2, 0.25) is 5.75 Å². The lowest BCUT2D eigenvalue weighted by Gasteiger charge is -2.13. The van der Waals surface area contributed by atoms with Crippen LogP contribution in [0.5, 0.6) is 17.2 Å². The topological polar surface area (TPSA) is 98.6 Å². The standard InChI is InChI=1S/C11H13N3O5/c1-17-9-4-7(8(6-15)12-13-14-16)5-10(18-2)11(9)19-3/h4-6H,1-3H3,(H,13,16). The van der Waals surface area contributed by atoms with Crippen LogP contribution in [0.1, 0.15) is 5.56 Å². The summed E-state index contributed by atoms with van der Waals surface area (Å²) in [7, 11) is 4.36. The van der Waals surface area contributed by atoms with Crippen LogP contribution in [0.4, 0.5) is 0 Å². The molecule has 102 valence electrons. The van der Waals surface area contributed by atoms with Gasteiger partial charge in [0.1, 0.15) is 5.71 Å². The monoisotopic (exact) mass is 267 g/mol. The molecule has 0 saturated carbocycles. The number of hydrogen-bond donors (Lipinski definition) is 1. The van der Waals surface area contributed by atoms with Crippen molar-refractivity contribution in [2.75, 3.05) is 21.3 Å². The molecule has 0 aliphatic carbocycles. The van der Waals surface area contributed by atoms with E-state index in [9.17, 15) is 9.70 Å². The maximum atomic E-state index is 10.9. The van der Waals surface area contributed by atoms with Crippen LogP contribution in [0.15, 0.2) is 22.5 Å². The molecule has 0 bridgehead atoms. The molecule has 0 heterocycles. The number of nitrogens with zero attached hydrogens (tertiary/aromatic N) is 2. The quantitative estimate of drug-likeness (QED) is 0.341. The first-order valence-electron chi connectivity index (χ1n) is 5.12. The first-order chi connectivity index (χ1) is 9.21. The smallest absolute Gasteiger partial charge is 0.203 e. The van der Waals surface area contributed by atoms with Crippen LogP contribution in [0.25, 0.3) is 0 Å². The molecule has 1 aromatic carbocycles. The zero-order valence-electron chi connectivity index (χ0n) is 10.7. The SMILES string of the molecule is COc1cc(C(C=O)=NNN=O)cc(OC)c1OC. The highest BCUT2D eigenvalue weighted by Gasteiger charge is 2.15. The molecule has 0 atom stereocenters. The molecular formula is C11H13N3O5. The number of ether oxygens (including phenoxy) is 3. The first-order valence-corrected chi connectivity index (χ1v) is 5.12. The predicted molar refractivity (Wildman–Crippen MR) is 67.6 cm³/mol. The zero-order valence-corrected chi connectivity index (χ0v) is 10.7. The molecule has 8 nitrogen and oxygen atoms in total. The second-order valence-electron chi connectivity index (χ2n) is 3.22. The van der Waals surface area contributed by atoms with Crippen molar-refractivity contribution >= 4 is 12.0 Å². The molecule has 0 fully saturated rings. The lowest BCUT2D eigenvalue weighted by molar-refractivity contribution is -0.102. The number of carbonyl (C=O) groups excluding carboxylic acids is 1. The highest BCUT2D eigenvalue weighted by molar-refractivity contribution is 6.36. The van der Waals surface area contributed by atoms with Crippen molar-refractivity contribution in [2.24, 2.45) is 10.4 Å². The minimum absolute atomic E-state index is 0.0288. The number of carbonyl (C=O) groups is 1. The molecule has 1 N–H and O–H groups in total. The third kappa shape index (κ3) is 3.18. The Labute approximate surface area is 109 Å². The predicted octanol–water partition coefficient (Wildman–Crippen LogP) is 0.886. The van der Waals surface area contributed by atoms with Gasteiger partial charge >= 0.3 is 0 Å². The molecule has 1 aromatic rings. The number of hydrogen-bond acceptors (Lipinski definition) is 7. The summed E-state index contributed by atoms with van der Waals surface area (Å²) >= 11 is 0. The van der Waals surface area contributed by atoms with Crippen LogP contribution in [-0.4, -0.2) is 33.3 Å². The number of rotatable bonds is 7. The fourth-order valence-corrected chi connectivity index (χ4v) is 1.46. The Morgan fingerprint density at radius 3 is 2.11 bits per heavy atom. The van der Waals surface area contributed by atoms with Crippen molar-refractivity contribution in [3.8, 4) is 17.2 Å². The Kier molecular flexibility index (Phi) is 5.27. The van der Waals surface area contributed by atoms with Gasteiger partial charge in [-0.1, -0.05) is 0 Å². The van der Waals surface area contributed by atoms with Crippen LogP contribution in [0.3, 0.4) is 0 Å². The Balaban J connectivity index is 3.36. The minimum Gasteiger partial charge on any atom is -0.493 e. The van der Waals surface area contributed by atoms with E-state index in [0.29, 0.717) is 29.1 Å². The summed E-state index contributed by atoms with van der Waals surface area (Å²) in [5, 5.41) is 5.84. The van der Waals surface area contributed by atoms with Crippen molar-refractivity contribution in [1.29, 1.82) is 0 Å². The van der Waals surface area contributed by atoms with Crippen molar-refractivity contribution in [1.82, 2.24) is 5.53 Å². The second kappa shape index (κ2) is 6.94. The van der Waals surface area contributed by atoms with Gasteiger partial charge in [-0.2, -0.15) is 10.6 Å². The van der Waals surface area contributed by atoms with Gasteiger partial charge in [-0.15, -0.1) is 4.91 Å². The molecule has 0 aliphatic heterocycles. The van der Waals surface area contributed by atoms with Gasteiger partial charge < -0.3 is 14.2 Å². The molecule has 0 unspecified atom stereocenters. The van der Waals surface area contributed by atoms with E-state index < -0.39 is 0 Å². The summed E-state index contributed by atoms with van der Waals surface area (Å²) in [5.41, 5.74) is 2.18. The number of hydrazone groups is 1. The summed E-state index contributed by atoms with van der Waals surface area (Å²) < 4.78 is 15.4. The Morgan fingerprint density at radius 1 is 1.16 bits per heavy atom. The van der Waals surface area contributed by atoms with Gasteiger partial charge in [-0.25, -0.2) is 0 Å². The highest BCUT2D eigenvalue weighted by Crippen LogP contribution is 2.38. The Morgan fingerprint density at radius 2 is 1.74 bits per heavy atom. The van der Waals surface area contributed by atoms with E-state index in [1.165, 1.54) is 33.5 Å². The second-order valence-corrected chi connectivity index (χ2v) is 3.22. The minimum atomic E-state index is -0.0288. The van der Waals surface area contributed by atoms with Gasteiger partial charge in [0, 0.05) is 5.56 Å². The van der Waals surface area contributed by atoms with Gasteiger partial charge in [0.15, 0.2) is 17.8 Å². The molecular weight excluding hydrogens is 254 g/mol. The number of benzene rings is 1. The maximum Gasteiger partial charge on any atom is 0.203 e. The Bertz CT molecular complexity index is 476. The molecule has 0 amide bonds. The molecule has 0 saturated heterocycles. The summed E-state index contributed by atoms with van der Waals surface area (Å²) in [6.45, 7) is 0. The van der Waals surface area contributed by atoms with Gasteiger partial charge in [0.05, 0.1) is 26.6 Å². The number of nitrogens with one attached hydrogen (secondary N) is 1. The van der Waals surface area contributed by atoms with Crippen molar-refractivity contribution in [3.63, 3.8) is 0 Å². The van der Waals surface area contributed by atoms with Crippen LogP contribution in [-0.2, 0) is 4.79 Å². The molecule has 0 aromatic heterocycles. The average Bonchev–Trinajstić information content (AvgIpc) is 2.46. The molecule has 0 radical (unpaired) electrons. The van der Waals surface area contributed by atoms with Gasteiger partial charge in [0.25, 0.3) is 0 Å². The van der Waals surface area contributed by atoms with Crippen LogP contribution >= 0.6 is 0 Å². The van der Waals surface area contributed by atoms with E-state index in [1.807, 2.05) is 5.53 Å². The van der Waals surface area contributed by atoms with Crippen molar-refractivity contribution in [2.45, 2.75) is 0 Å². The van der Waals surface area contributed by atoms with Gasteiger partial charge in [-0.3, -0.25) is 4.79 Å². The average molecular weight is 267 g/mol. The van der Waals surface area contributed by atoms with E-state index >= 15 is 0 Å². The highest BCUT2D eigenvalue weighted by atomic mass is 16.5. The lowest BCUT2D eigenvalue weighted by Crippen LogP contribution is -2.09. The van der Waals surface area contributed by atoms with Gasteiger partial charge in [-0.05, 0) is 12.1 Å². The normalized spacial score (nSPS) is 10.6. The lowest BCUT2D eigenvalue weighted by atomic mass is 10.1.